The Hall–Kier alpha value is -3.53. The summed E-state index contributed by atoms with van der Waals surface area (Å²) in [5, 5.41) is 13.5. The van der Waals surface area contributed by atoms with E-state index >= 15 is 4.39 Å². The molecular formula is C34H41FN2O6. The predicted molar refractivity (Wildman–Crippen MR) is 164 cm³/mol. The molecule has 1 aromatic carbocycles. The highest BCUT2D eigenvalue weighted by atomic mass is 19.1. The van der Waals surface area contributed by atoms with Crippen LogP contribution in [0.1, 0.15) is 79.6 Å². The summed E-state index contributed by atoms with van der Waals surface area (Å²) in [4.78, 5) is 17.0. The number of alkyl halides is 1. The quantitative estimate of drug-likeness (QED) is 0.286. The van der Waals surface area contributed by atoms with E-state index in [1.54, 1.807) is 6.08 Å². The van der Waals surface area contributed by atoms with Gasteiger partial charge in [-0.05, 0) is 94.4 Å². The van der Waals surface area contributed by atoms with Crippen molar-refractivity contribution in [2.24, 2.45) is 5.92 Å². The first-order chi connectivity index (χ1) is 20.4. The average Bonchev–Trinajstić information content (AvgIpc) is 3.29. The molecule has 1 aliphatic heterocycles. The molecule has 1 aliphatic carbocycles. The van der Waals surface area contributed by atoms with Gasteiger partial charge in [0.25, 0.3) is 5.56 Å². The van der Waals surface area contributed by atoms with Gasteiger partial charge in [0.15, 0.2) is 0 Å². The molecule has 2 aliphatic rings. The van der Waals surface area contributed by atoms with Gasteiger partial charge >= 0.3 is 0 Å². The molecule has 0 fully saturated rings. The van der Waals surface area contributed by atoms with E-state index in [9.17, 15) is 9.90 Å². The number of ether oxygens (including phenoxy) is 3. The second-order valence-corrected chi connectivity index (χ2v) is 12.4. The van der Waals surface area contributed by atoms with Crippen molar-refractivity contribution in [3.05, 3.63) is 80.1 Å². The largest absolute Gasteiger partial charge is 0.493 e. The minimum atomic E-state index is -1.44. The molecule has 3 heterocycles. The highest BCUT2D eigenvalue weighted by molar-refractivity contribution is 5.86. The second-order valence-electron chi connectivity index (χ2n) is 12.4. The van der Waals surface area contributed by atoms with Crippen molar-refractivity contribution in [1.29, 1.82) is 0 Å². The van der Waals surface area contributed by atoms with Gasteiger partial charge in [0, 0.05) is 22.6 Å². The summed E-state index contributed by atoms with van der Waals surface area (Å²) in [6, 6.07) is 5.98. The normalized spacial score (nSPS) is 19.4. The Morgan fingerprint density at radius 3 is 2.56 bits per heavy atom. The molecule has 2 unspecified atom stereocenters. The third-order valence-corrected chi connectivity index (χ3v) is 8.15. The molecule has 8 nitrogen and oxygen atoms in total. The van der Waals surface area contributed by atoms with E-state index < -0.39 is 36.1 Å². The summed E-state index contributed by atoms with van der Waals surface area (Å²) < 4.78 is 39.4. The van der Waals surface area contributed by atoms with Crippen molar-refractivity contribution in [3.8, 4) is 16.9 Å². The number of aliphatic hydroxyl groups excluding tert-OH is 1. The number of benzene rings is 1. The lowest BCUT2D eigenvalue weighted by atomic mass is 9.79. The molecule has 5 rings (SSSR count). The zero-order valence-corrected chi connectivity index (χ0v) is 26.0. The van der Waals surface area contributed by atoms with E-state index in [1.165, 1.54) is 0 Å². The van der Waals surface area contributed by atoms with Gasteiger partial charge in [-0.1, -0.05) is 30.3 Å². The summed E-state index contributed by atoms with van der Waals surface area (Å²) in [5.41, 5.74) is 5.70. The zero-order chi connectivity index (χ0) is 31.1. The van der Waals surface area contributed by atoms with Gasteiger partial charge in [0.05, 0.1) is 30.2 Å². The van der Waals surface area contributed by atoms with Crippen LogP contribution in [0.2, 0.25) is 0 Å². The molecule has 0 saturated heterocycles. The molecule has 43 heavy (non-hydrogen) atoms. The fraction of sp³-hybridized carbons (Fsp3) is 0.471. The first-order valence-corrected chi connectivity index (χ1v) is 14.8. The minimum absolute atomic E-state index is 0.0125. The predicted octanol–water partition coefficient (Wildman–Crippen LogP) is 6.56. The van der Waals surface area contributed by atoms with Crippen LogP contribution < -0.4 is 10.3 Å². The van der Waals surface area contributed by atoms with Crippen molar-refractivity contribution in [1.82, 2.24) is 10.1 Å². The zero-order valence-electron chi connectivity index (χ0n) is 26.0. The van der Waals surface area contributed by atoms with Crippen molar-refractivity contribution in [2.45, 2.75) is 79.2 Å². The monoisotopic (exact) mass is 592 g/mol. The van der Waals surface area contributed by atoms with Crippen LogP contribution in [0, 0.1) is 26.7 Å². The van der Waals surface area contributed by atoms with Gasteiger partial charge in [-0.25, -0.2) is 4.39 Å². The van der Waals surface area contributed by atoms with E-state index in [4.69, 9.17) is 18.7 Å². The molecule has 2 aromatic heterocycles. The minimum Gasteiger partial charge on any atom is -0.493 e. The Kier molecular flexibility index (Phi) is 8.79. The summed E-state index contributed by atoms with van der Waals surface area (Å²) in [6.07, 6.45) is 3.20. The number of aromatic amines is 1. The van der Waals surface area contributed by atoms with Crippen LogP contribution in [0.5, 0.6) is 5.75 Å². The van der Waals surface area contributed by atoms with E-state index in [2.05, 4.69) is 16.2 Å². The van der Waals surface area contributed by atoms with Gasteiger partial charge in [-0.15, -0.1) is 0 Å². The number of hydrogen-bond acceptors (Lipinski definition) is 7. The van der Waals surface area contributed by atoms with Crippen molar-refractivity contribution in [2.75, 3.05) is 20.0 Å². The smallest absolute Gasteiger partial charge is 0.256 e. The molecule has 2 N–H and O–H groups in total. The van der Waals surface area contributed by atoms with Crippen LogP contribution in [0.3, 0.4) is 0 Å². The molecule has 0 amide bonds. The van der Waals surface area contributed by atoms with Crippen LogP contribution in [0.15, 0.2) is 39.7 Å². The Labute approximate surface area is 251 Å². The Morgan fingerprint density at radius 2 is 1.88 bits per heavy atom. The summed E-state index contributed by atoms with van der Waals surface area (Å²) >= 11 is 0. The molecule has 0 saturated carbocycles. The number of pyridine rings is 1. The number of halogens is 1. The van der Waals surface area contributed by atoms with Gasteiger partial charge in [0.2, 0.25) is 0 Å². The molecule has 0 radical (unpaired) electrons. The summed E-state index contributed by atoms with van der Waals surface area (Å²) in [5.74, 6) is 0.941. The first kappa shape index (κ1) is 30.9. The third kappa shape index (κ3) is 6.12. The molecule has 3 atom stereocenters. The Bertz CT molecular complexity index is 1610. The SMILES string of the molecule is Cc1noc(C)c1C1=CC=C(c2c(C)c(-c3ccc4c(c3)CCCO4)c([C@@H](COCO)OC(C)(C)C)[nH]c2=O)C(F)C1C. The fourth-order valence-electron chi connectivity index (χ4n) is 6.26. The number of rotatable bonds is 8. The highest BCUT2D eigenvalue weighted by Gasteiger charge is 2.35. The van der Waals surface area contributed by atoms with Crippen molar-refractivity contribution in [3.63, 3.8) is 0 Å². The van der Waals surface area contributed by atoms with Crippen LogP contribution in [0.4, 0.5) is 4.39 Å². The van der Waals surface area contributed by atoms with Crippen molar-refractivity contribution < 1.29 is 28.2 Å². The van der Waals surface area contributed by atoms with E-state index in [1.807, 2.05) is 66.7 Å². The van der Waals surface area contributed by atoms with Crippen LogP contribution in [-0.4, -0.2) is 47.0 Å². The van der Waals surface area contributed by atoms with Gasteiger partial charge in [-0.3, -0.25) is 4.79 Å². The number of allylic oxidation sites excluding steroid dienone is 4. The topological polar surface area (TPSA) is 107 Å². The number of nitrogens with zero attached hydrogens (tertiary/aromatic N) is 1. The average molecular weight is 593 g/mol. The maximum Gasteiger partial charge on any atom is 0.256 e. The maximum atomic E-state index is 16.4. The molecule has 9 heteroatoms. The fourth-order valence-corrected chi connectivity index (χ4v) is 6.26. The molecule has 0 spiro atoms. The summed E-state index contributed by atoms with van der Waals surface area (Å²) in [6.45, 7) is 13.3. The number of hydrogen-bond donors (Lipinski definition) is 2. The lowest BCUT2D eigenvalue weighted by molar-refractivity contribution is -0.116. The number of nitrogens with one attached hydrogen (secondary N) is 1. The number of aryl methyl sites for hydroxylation is 3. The molecule has 230 valence electrons. The highest BCUT2D eigenvalue weighted by Crippen LogP contribution is 2.43. The third-order valence-electron chi connectivity index (χ3n) is 8.15. The van der Waals surface area contributed by atoms with E-state index in [0.29, 0.717) is 40.5 Å². The lowest BCUT2D eigenvalue weighted by Gasteiger charge is -2.31. The number of aromatic nitrogens is 2. The first-order valence-electron chi connectivity index (χ1n) is 14.8. The van der Waals surface area contributed by atoms with Crippen LogP contribution in [-0.2, 0) is 15.9 Å². The lowest BCUT2D eigenvalue weighted by Crippen LogP contribution is -2.30. The standard InChI is InChI=1S/C34H41FN2O6/c1-18-24(30-20(3)37-43-21(30)4)11-12-25(31(18)35)29-19(2)28(23-10-13-26-22(15-23)9-8-14-41-26)32(36-33(29)39)27(16-40-17-38)42-34(5,6)7/h10-13,15,18,27,31,38H,8-9,14,16-17H2,1-7H3,(H,36,39)/t18?,27-,31?/m1/s1. The van der Waals surface area contributed by atoms with Crippen molar-refractivity contribution >= 4 is 11.1 Å². The van der Waals surface area contributed by atoms with Crippen LogP contribution >= 0.6 is 0 Å². The number of aliphatic hydroxyl groups is 1. The maximum absolute atomic E-state index is 16.4. The molecular weight excluding hydrogens is 551 g/mol. The Balaban J connectivity index is 1.72. The second kappa shape index (κ2) is 12.2. The Morgan fingerprint density at radius 1 is 1.14 bits per heavy atom. The van der Waals surface area contributed by atoms with Crippen LogP contribution in [0.25, 0.3) is 22.3 Å². The molecule has 3 aromatic rings. The number of H-pyrrole nitrogens is 1. The summed E-state index contributed by atoms with van der Waals surface area (Å²) in [7, 11) is 0. The van der Waals surface area contributed by atoms with Gasteiger partial charge in [0.1, 0.15) is 30.6 Å². The molecule has 0 bridgehead atoms. The van der Waals surface area contributed by atoms with E-state index in [0.717, 1.165) is 46.4 Å². The van der Waals surface area contributed by atoms with Gasteiger partial charge < -0.3 is 28.8 Å². The van der Waals surface area contributed by atoms with Gasteiger partial charge in [-0.2, -0.15) is 0 Å². The van der Waals surface area contributed by atoms with E-state index in [-0.39, 0.29) is 6.61 Å². The number of fused-ring (bicyclic) bond motifs is 1.